The number of hydrogen-bond donors (Lipinski definition) is 0. The summed E-state index contributed by atoms with van der Waals surface area (Å²) in [5.41, 5.74) is 2.04. The van der Waals surface area contributed by atoms with E-state index in [2.05, 4.69) is 11.8 Å². The van der Waals surface area contributed by atoms with Gasteiger partial charge in [-0.1, -0.05) is 110 Å². The van der Waals surface area contributed by atoms with Crippen molar-refractivity contribution in [2.24, 2.45) is 5.92 Å². The molecule has 0 aromatic heterocycles. The van der Waals surface area contributed by atoms with Gasteiger partial charge in [-0.15, -0.1) is 0 Å². The van der Waals surface area contributed by atoms with E-state index in [0.717, 1.165) is 16.7 Å². The van der Waals surface area contributed by atoms with Crippen LogP contribution in [0.5, 0.6) is 0 Å². The molecule has 3 aromatic carbocycles. The molecule has 0 saturated heterocycles. The van der Waals surface area contributed by atoms with Crippen LogP contribution in [-0.2, 0) is 14.9 Å². The lowest BCUT2D eigenvalue weighted by molar-refractivity contribution is -0.122. The van der Waals surface area contributed by atoms with Crippen molar-refractivity contribution in [3.63, 3.8) is 0 Å². The van der Waals surface area contributed by atoms with E-state index in [1.807, 2.05) is 97.9 Å². The lowest BCUT2D eigenvalue weighted by Gasteiger charge is -2.35. The number of benzene rings is 3. The summed E-state index contributed by atoms with van der Waals surface area (Å²) in [6.45, 7) is 2.37. The fourth-order valence-corrected chi connectivity index (χ4v) is 3.82. The first kappa shape index (κ1) is 20.6. The maximum atomic E-state index is 14.0. The van der Waals surface area contributed by atoms with Crippen molar-refractivity contribution in [2.75, 3.05) is 13.7 Å². The molecule has 0 amide bonds. The minimum absolute atomic E-state index is 0.0619. The number of methoxy groups -OCH3 is 1. The van der Waals surface area contributed by atoms with Crippen LogP contribution in [0.15, 0.2) is 91.0 Å². The predicted molar refractivity (Wildman–Crippen MR) is 118 cm³/mol. The van der Waals surface area contributed by atoms with Gasteiger partial charge in [0.25, 0.3) is 0 Å². The van der Waals surface area contributed by atoms with Crippen molar-refractivity contribution in [1.29, 1.82) is 0 Å². The number of hydrogen-bond acceptors (Lipinski definition) is 2. The zero-order valence-corrected chi connectivity index (χ0v) is 17.0. The van der Waals surface area contributed by atoms with Crippen LogP contribution in [0.1, 0.15) is 30.0 Å². The number of carbonyl (C=O) groups excluding carboxylic acids is 1. The van der Waals surface area contributed by atoms with Gasteiger partial charge in [-0.05, 0) is 16.7 Å². The van der Waals surface area contributed by atoms with Crippen molar-refractivity contribution >= 4 is 5.78 Å². The maximum Gasteiger partial charge on any atom is 0.153 e. The van der Waals surface area contributed by atoms with E-state index >= 15 is 0 Å². The van der Waals surface area contributed by atoms with Crippen LogP contribution in [-0.4, -0.2) is 19.5 Å². The average Bonchev–Trinajstić information content (AvgIpc) is 2.77. The van der Waals surface area contributed by atoms with Gasteiger partial charge in [0.15, 0.2) is 5.78 Å². The van der Waals surface area contributed by atoms with Gasteiger partial charge in [-0.2, -0.15) is 0 Å². The molecule has 0 N–H and O–H groups in total. The second kappa shape index (κ2) is 9.87. The number of ketones is 1. The topological polar surface area (TPSA) is 26.3 Å². The van der Waals surface area contributed by atoms with Crippen LogP contribution in [0, 0.1) is 17.8 Å². The van der Waals surface area contributed by atoms with Gasteiger partial charge >= 0.3 is 0 Å². The first-order valence-electron chi connectivity index (χ1n) is 9.86. The molecule has 0 radical (unpaired) electrons. The Morgan fingerprint density at radius 2 is 1.24 bits per heavy atom. The monoisotopic (exact) mass is 382 g/mol. The van der Waals surface area contributed by atoms with E-state index in [0.29, 0.717) is 13.0 Å². The van der Waals surface area contributed by atoms with Gasteiger partial charge in [0.05, 0.1) is 0 Å². The quantitative estimate of drug-likeness (QED) is 0.411. The smallest absolute Gasteiger partial charge is 0.153 e. The Balaban J connectivity index is 2.18. The van der Waals surface area contributed by atoms with Gasteiger partial charge in [0.2, 0.25) is 0 Å². The molecule has 0 saturated carbocycles. The standard InChI is InChI=1S/C27H26O2/c1-22(13-12-20-29-2)21-26(28)27(23-14-6-3-7-15-23,24-16-8-4-9-17-24)25-18-10-5-11-19-25/h3-11,14-19,22H,20-21H2,1-2H3. The Hall–Kier alpha value is -3.15. The van der Waals surface area contributed by atoms with Gasteiger partial charge in [0.1, 0.15) is 12.0 Å². The fourth-order valence-electron chi connectivity index (χ4n) is 3.82. The fraction of sp³-hybridized carbons (Fsp3) is 0.222. The molecule has 0 fully saturated rings. The highest BCUT2D eigenvalue weighted by Crippen LogP contribution is 2.41. The SMILES string of the molecule is COCC#CC(C)CC(=O)C(c1ccccc1)(c1ccccc1)c1ccccc1. The Morgan fingerprint density at radius 3 is 1.62 bits per heavy atom. The normalized spacial score (nSPS) is 11.9. The van der Waals surface area contributed by atoms with Crippen LogP contribution in [0.4, 0.5) is 0 Å². The number of Topliss-reactive ketones (excluding diaryl/α,β-unsaturated/α-hetero) is 1. The van der Waals surface area contributed by atoms with Crippen molar-refractivity contribution in [3.05, 3.63) is 108 Å². The highest BCUT2D eigenvalue weighted by Gasteiger charge is 2.43. The molecular weight excluding hydrogens is 356 g/mol. The maximum absolute atomic E-state index is 14.0. The lowest BCUT2D eigenvalue weighted by atomic mass is 9.65. The van der Waals surface area contributed by atoms with Crippen molar-refractivity contribution in [2.45, 2.75) is 18.8 Å². The lowest BCUT2D eigenvalue weighted by Crippen LogP contribution is -2.39. The molecule has 0 aliphatic rings. The van der Waals surface area contributed by atoms with E-state index in [1.54, 1.807) is 7.11 Å². The molecule has 0 bridgehead atoms. The molecule has 1 unspecified atom stereocenters. The summed E-state index contributed by atoms with van der Waals surface area (Å²) in [6, 6.07) is 30.1. The summed E-state index contributed by atoms with van der Waals surface area (Å²) in [6.07, 6.45) is 0.357. The first-order chi connectivity index (χ1) is 14.2. The molecule has 3 rings (SSSR count). The molecule has 1 atom stereocenters. The molecule has 0 aliphatic heterocycles. The molecule has 0 spiro atoms. The number of rotatable bonds is 7. The largest absolute Gasteiger partial charge is 0.372 e. The molecule has 146 valence electrons. The van der Waals surface area contributed by atoms with Gasteiger partial charge in [0, 0.05) is 19.4 Å². The van der Waals surface area contributed by atoms with Crippen LogP contribution < -0.4 is 0 Å². The highest BCUT2D eigenvalue weighted by atomic mass is 16.5. The van der Waals surface area contributed by atoms with E-state index < -0.39 is 5.41 Å². The molecular formula is C27H26O2. The zero-order chi connectivity index (χ0) is 20.5. The first-order valence-corrected chi connectivity index (χ1v) is 9.86. The molecule has 0 aliphatic carbocycles. The summed E-state index contributed by atoms with van der Waals surface area (Å²) in [4.78, 5) is 14.0. The Labute approximate surface area is 173 Å². The Bertz CT molecular complexity index is 870. The number of ether oxygens (including phenoxy) is 1. The molecule has 3 aromatic rings. The van der Waals surface area contributed by atoms with Crippen LogP contribution in [0.3, 0.4) is 0 Å². The number of carbonyl (C=O) groups is 1. The third kappa shape index (κ3) is 4.47. The third-order valence-electron chi connectivity index (χ3n) is 5.10. The third-order valence-corrected chi connectivity index (χ3v) is 5.10. The van der Waals surface area contributed by atoms with Crippen molar-refractivity contribution in [3.8, 4) is 11.8 Å². The highest BCUT2D eigenvalue weighted by molar-refractivity contribution is 5.98. The Morgan fingerprint density at radius 1 is 0.828 bits per heavy atom. The van der Waals surface area contributed by atoms with Crippen LogP contribution in [0.2, 0.25) is 0 Å². The summed E-state index contributed by atoms with van der Waals surface area (Å²) >= 11 is 0. The second-order valence-corrected chi connectivity index (χ2v) is 7.13. The second-order valence-electron chi connectivity index (χ2n) is 7.13. The molecule has 29 heavy (non-hydrogen) atoms. The van der Waals surface area contributed by atoms with Gasteiger partial charge in [-0.25, -0.2) is 0 Å². The van der Waals surface area contributed by atoms with Gasteiger partial charge in [-0.3, -0.25) is 4.79 Å². The van der Waals surface area contributed by atoms with Crippen LogP contribution >= 0.6 is 0 Å². The van der Waals surface area contributed by atoms with E-state index in [4.69, 9.17) is 4.74 Å². The van der Waals surface area contributed by atoms with E-state index in [-0.39, 0.29) is 11.7 Å². The Kier molecular flexibility index (Phi) is 7.00. The van der Waals surface area contributed by atoms with E-state index in [1.165, 1.54) is 0 Å². The summed E-state index contributed by atoms with van der Waals surface area (Å²) in [5, 5.41) is 0. The summed E-state index contributed by atoms with van der Waals surface area (Å²) in [7, 11) is 1.62. The average molecular weight is 383 g/mol. The molecule has 2 heteroatoms. The summed E-state index contributed by atoms with van der Waals surface area (Å²) in [5.74, 6) is 6.21. The zero-order valence-electron chi connectivity index (χ0n) is 17.0. The van der Waals surface area contributed by atoms with Crippen LogP contribution in [0.25, 0.3) is 0 Å². The molecule has 2 nitrogen and oxygen atoms in total. The van der Waals surface area contributed by atoms with Crippen molar-refractivity contribution in [1.82, 2.24) is 0 Å². The predicted octanol–water partition coefficient (Wildman–Crippen LogP) is 5.27. The minimum Gasteiger partial charge on any atom is -0.372 e. The summed E-state index contributed by atoms with van der Waals surface area (Å²) < 4.78 is 5.01. The van der Waals surface area contributed by atoms with Gasteiger partial charge < -0.3 is 4.74 Å². The molecule has 0 heterocycles. The van der Waals surface area contributed by atoms with Crippen molar-refractivity contribution < 1.29 is 9.53 Å². The minimum atomic E-state index is -0.874. The van der Waals surface area contributed by atoms with E-state index in [9.17, 15) is 4.79 Å².